The molecule has 0 atom stereocenters. The summed E-state index contributed by atoms with van der Waals surface area (Å²) in [6.07, 6.45) is 24.8. The molecule has 2 N–H and O–H groups in total. The fourth-order valence-electron chi connectivity index (χ4n) is 3.39. The van der Waals surface area contributed by atoms with Gasteiger partial charge in [0.05, 0.1) is 0 Å². The second-order valence-electron chi connectivity index (χ2n) is 7.58. The summed E-state index contributed by atoms with van der Waals surface area (Å²) in [7, 11) is 0. The number of aliphatic carboxylic acids is 1. The molecular formula is C22H45NaO3. The van der Waals surface area contributed by atoms with Gasteiger partial charge in [0.2, 0.25) is 0 Å². The quantitative estimate of drug-likeness (QED) is 0.234. The zero-order valence-corrected chi connectivity index (χ0v) is 19.7. The molecule has 0 aromatic rings. The zero-order chi connectivity index (χ0) is 18.4. The van der Waals surface area contributed by atoms with Crippen LogP contribution in [0.5, 0.6) is 0 Å². The Morgan fingerprint density at radius 2 is 0.731 bits per heavy atom. The van der Waals surface area contributed by atoms with Crippen molar-refractivity contribution in [3.05, 3.63) is 0 Å². The van der Waals surface area contributed by atoms with Crippen molar-refractivity contribution in [1.29, 1.82) is 0 Å². The molecule has 3 nitrogen and oxygen atoms in total. The van der Waals surface area contributed by atoms with Gasteiger partial charge in [-0.05, 0) is 12.8 Å². The first kappa shape index (κ1) is 28.6. The van der Waals surface area contributed by atoms with E-state index in [2.05, 4.69) is 0 Å². The second kappa shape index (κ2) is 25.4. The van der Waals surface area contributed by atoms with Gasteiger partial charge in [-0.15, -0.1) is 0 Å². The number of carboxylic acids is 1. The average molecular weight is 381 g/mol. The molecule has 0 fully saturated rings. The van der Waals surface area contributed by atoms with Gasteiger partial charge < -0.3 is 11.6 Å². The molecule has 0 aliphatic rings. The Morgan fingerprint density at radius 3 is 0.962 bits per heavy atom. The van der Waals surface area contributed by atoms with Crippen LogP contribution < -0.4 is 29.6 Å². The average Bonchev–Trinajstić information content (AvgIpc) is 2.60. The van der Waals surface area contributed by atoms with Crippen molar-refractivity contribution in [2.45, 2.75) is 128 Å². The largest absolute Gasteiger partial charge is 1.00 e. The maximum atomic E-state index is 10.4. The minimum Gasteiger partial charge on any atom is -1.00 e. The van der Waals surface area contributed by atoms with Crippen LogP contribution in [0, 0.1) is 0 Å². The summed E-state index contributed by atoms with van der Waals surface area (Å²) >= 11 is 0. The van der Waals surface area contributed by atoms with Crippen LogP contribution in [0.2, 0.25) is 0 Å². The molecule has 0 saturated carbocycles. The van der Waals surface area contributed by atoms with Crippen molar-refractivity contribution < 1.29 is 46.0 Å². The summed E-state index contributed by atoms with van der Waals surface area (Å²) in [4.78, 5) is 10.4. The Bertz CT molecular complexity index is 278. The summed E-state index contributed by atoms with van der Waals surface area (Å²) in [6, 6.07) is 0. The van der Waals surface area contributed by atoms with E-state index in [1.54, 1.807) is 0 Å². The predicted molar refractivity (Wildman–Crippen MR) is 108 cm³/mol. The third-order valence-electron chi connectivity index (χ3n) is 5.05. The minimum atomic E-state index is -0.658. The van der Waals surface area contributed by atoms with Crippen LogP contribution in [-0.4, -0.2) is 22.8 Å². The van der Waals surface area contributed by atoms with Crippen LogP contribution in [-0.2, 0) is 4.79 Å². The molecule has 0 aliphatic carbocycles. The number of hydrogen-bond donors (Lipinski definition) is 2. The normalized spacial score (nSPS) is 10.7. The zero-order valence-electron chi connectivity index (χ0n) is 18.7. The van der Waals surface area contributed by atoms with E-state index in [-0.39, 0.29) is 31.0 Å². The van der Waals surface area contributed by atoms with Crippen molar-refractivity contribution in [3.63, 3.8) is 0 Å². The summed E-state index contributed by atoms with van der Waals surface area (Å²) in [5, 5.41) is 17.3. The van der Waals surface area contributed by atoms with Gasteiger partial charge in [0.1, 0.15) is 0 Å². The fourth-order valence-corrected chi connectivity index (χ4v) is 3.39. The van der Waals surface area contributed by atoms with Crippen LogP contribution in [0.1, 0.15) is 130 Å². The van der Waals surface area contributed by atoms with Gasteiger partial charge >= 0.3 is 35.5 Å². The number of rotatable bonds is 21. The van der Waals surface area contributed by atoms with E-state index in [9.17, 15) is 4.79 Å². The molecule has 0 aromatic heterocycles. The number of aliphatic hydroxyl groups is 1. The van der Waals surface area contributed by atoms with E-state index in [1.165, 1.54) is 103 Å². The predicted octanol–water partition coefficient (Wildman–Crippen LogP) is 3.98. The third-order valence-corrected chi connectivity index (χ3v) is 5.05. The van der Waals surface area contributed by atoms with Crippen molar-refractivity contribution in [2.24, 2.45) is 0 Å². The van der Waals surface area contributed by atoms with Crippen molar-refractivity contribution in [2.75, 3.05) is 6.61 Å². The first-order chi connectivity index (χ1) is 12.3. The number of carbonyl (C=O) groups is 1. The molecular weight excluding hydrogens is 335 g/mol. The molecule has 0 amide bonds. The molecule has 4 heteroatoms. The monoisotopic (exact) mass is 380 g/mol. The topological polar surface area (TPSA) is 57.5 Å². The van der Waals surface area contributed by atoms with Gasteiger partial charge in [0.15, 0.2) is 0 Å². The minimum absolute atomic E-state index is 0. The molecule has 0 heterocycles. The van der Waals surface area contributed by atoms with E-state index in [0.29, 0.717) is 13.0 Å². The van der Waals surface area contributed by atoms with Crippen molar-refractivity contribution in [1.82, 2.24) is 0 Å². The molecule has 0 spiro atoms. The smallest absolute Gasteiger partial charge is 1.00 e. The Labute approximate surface area is 186 Å². The first-order valence-electron chi connectivity index (χ1n) is 11.1. The molecule has 0 unspecified atom stereocenters. The fraction of sp³-hybridized carbons (Fsp3) is 0.955. The second-order valence-corrected chi connectivity index (χ2v) is 7.58. The van der Waals surface area contributed by atoms with Crippen molar-refractivity contribution >= 4 is 5.97 Å². The molecule has 0 saturated heterocycles. The SMILES string of the molecule is O=C(O)CCCCCCCCCCCCCCCCCCCCCO.[H-].[Na+]. The van der Waals surface area contributed by atoms with E-state index in [1.807, 2.05) is 0 Å². The molecule has 0 aliphatic heterocycles. The van der Waals surface area contributed by atoms with Gasteiger partial charge in [-0.2, -0.15) is 0 Å². The first-order valence-corrected chi connectivity index (χ1v) is 11.1. The van der Waals surface area contributed by atoms with Gasteiger partial charge in [-0.3, -0.25) is 4.79 Å². The number of carboxylic acid groups (broad SMARTS) is 1. The van der Waals surface area contributed by atoms with E-state index >= 15 is 0 Å². The van der Waals surface area contributed by atoms with Crippen LogP contribution in [0.15, 0.2) is 0 Å². The summed E-state index contributed by atoms with van der Waals surface area (Å²) in [6.45, 7) is 0.356. The van der Waals surface area contributed by atoms with Gasteiger partial charge in [-0.1, -0.05) is 109 Å². The Morgan fingerprint density at radius 1 is 0.500 bits per heavy atom. The Balaban J connectivity index is -0.00000288. The summed E-state index contributed by atoms with van der Waals surface area (Å²) < 4.78 is 0. The number of aliphatic hydroxyl groups excluding tert-OH is 1. The van der Waals surface area contributed by atoms with Gasteiger partial charge in [-0.25, -0.2) is 0 Å². The standard InChI is InChI=1S/C22H44O3.Na.H/c23-21-19-17-15-13-11-9-7-5-3-1-2-4-6-8-10-12-14-16-18-20-22(24)25;;/h23H,1-21H2,(H,24,25);;/q;+1;-1. The molecule has 0 aromatic carbocycles. The maximum absolute atomic E-state index is 10.4. The molecule has 26 heavy (non-hydrogen) atoms. The molecule has 0 rings (SSSR count). The van der Waals surface area contributed by atoms with Crippen molar-refractivity contribution in [3.8, 4) is 0 Å². The van der Waals surface area contributed by atoms with E-state index in [4.69, 9.17) is 10.2 Å². The Kier molecular flexibility index (Phi) is 28.0. The van der Waals surface area contributed by atoms with Gasteiger partial charge in [0.25, 0.3) is 0 Å². The van der Waals surface area contributed by atoms with Crippen LogP contribution >= 0.6 is 0 Å². The van der Waals surface area contributed by atoms with Crippen LogP contribution in [0.3, 0.4) is 0 Å². The van der Waals surface area contributed by atoms with Crippen LogP contribution in [0.25, 0.3) is 0 Å². The van der Waals surface area contributed by atoms with E-state index < -0.39 is 5.97 Å². The Hall–Kier alpha value is 0.430. The molecule has 0 radical (unpaired) electrons. The number of unbranched alkanes of at least 4 members (excludes halogenated alkanes) is 18. The third kappa shape index (κ3) is 26.7. The molecule has 0 bridgehead atoms. The van der Waals surface area contributed by atoms with E-state index in [0.717, 1.165) is 19.3 Å². The summed E-state index contributed by atoms with van der Waals surface area (Å²) in [5.41, 5.74) is 0. The maximum Gasteiger partial charge on any atom is 1.00 e. The summed E-state index contributed by atoms with van der Waals surface area (Å²) in [5.74, 6) is -0.658. The van der Waals surface area contributed by atoms with Crippen LogP contribution in [0.4, 0.5) is 0 Å². The molecule has 152 valence electrons. The van der Waals surface area contributed by atoms with Gasteiger partial charge in [0, 0.05) is 13.0 Å². The number of hydrogen-bond acceptors (Lipinski definition) is 2.